The van der Waals surface area contributed by atoms with Gasteiger partial charge in [0.05, 0.1) is 12.2 Å². The molecule has 1 aromatic carbocycles. The molecule has 0 fully saturated rings. The van der Waals surface area contributed by atoms with Gasteiger partial charge >= 0.3 is 6.18 Å². The molecule has 0 aliphatic rings. The quantitative estimate of drug-likeness (QED) is 0.585. The summed E-state index contributed by atoms with van der Waals surface area (Å²) in [7, 11) is 0. The second-order valence-corrected chi connectivity index (χ2v) is 2.90. The van der Waals surface area contributed by atoms with Gasteiger partial charge in [-0.3, -0.25) is 4.39 Å². The fraction of sp³-hybridized carbons (Fsp3) is 0.333. The van der Waals surface area contributed by atoms with Crippen LogP contribution in [0.5, 0.6) is 0 Å². The maximum absolute atomic E-state index is 12.2. The third-order valence-electron chi connectivity index (χ3n) is 1.73. The van der Waals surface area contributed by atoms with E-state index in [9.17, 15) is 17.6 Å². The van der Waals surface area contributed by atoms with Crippen molar-refractivity contribution in [1.82, 2.24) is 0 Å². The van der Waals surface area contributed by atoms with E-state index in [0.717, 1.165) is 12.1 Å². The maximum atomic E-state index is 12.2. The van der Waals surface area contributed by atoms with Gasteiger partial charge in [0.1, 0.15) is 0 Å². The fourth-order valence-electron chi connectivity index (χ4n) is 1.14. The van der Waals surface area contributed by atoms with Crippen molar-refractivity contribution in [3.63, 3.8) is 0 Å². The maximum Gasteiger partial charge on any atom is 0.416 e. The highest BCUT2D eigenvalue weighted by molar-refractivity contribution is 5.45. The number of nitrogen functional groups attached to an aromatic ring is 1. The molecule has 0 saturated carbocycles. The lowest BCUT2D eigenvalue weighted by atomic mass is 10.1. The zero-order chi connectivity index (χ0) is 10.8. The van der Waals surface area contributed by atoms with Gasteiger partial charge in [0, 0.05) is 12.1 Å². The first-order chi connectivity index (χ1) is 6.43. The van der Waals surface area contributed by atoms with Crippen LogP contribution in [0.15, 0.2) is 18.2 Å². The molecular formula is C9H9F4N. The van der Waals surface area contributed by atoms with Crippen LogP contribution < -0.4 is 5.73 Å². The van der Waals surface area contributed by atoms with Crippen molar-refractivity contribution in [2.24, 2.45) is 0 Å². The molecule has 14 heavy (non-hydrogen) atoms. The number of anilines is 1. The van der Waals surface area contributed by atoms with Crippen LogP contribution in [0, 0.1) is 0 Å². The Hall–Kier alpha value is -1.26. The summed E-state index contributed by atoms with van der Waals surface area (Å²) < 4.78 is 48.6. The molecule has 0 saturated heterocycles. The highest BCUT2D eigenvalue weighted by Gasteiger charge is 2.30. The SMILES string of the molecule is Nc1cc(CCF)cc(C(F)(F)F)c1. The second kappa shape index (κ2) is 3.86. The largest absolute Gasteiger partial charge is 0.416 e. The lowest BCUT2D eigenvalue weighted by Crippen LogP contribution is -2.07. The molecule has 2 N–H and O–H groups in total. The lowest BCUT2D eigenvalue weighted by Gasteiger charge is -2.09. The average molecular weight is 207 g/mol. The number of alkyl halides is 4. The molecule has 1 rings (SSSR count). The van der Waals surface area contributed by atoms with Crippen LogP contribution >= 0.6 is 0 Å². The number of benzene rings is 1. The molecule has 0 atom stereocenters. The zero-order valence-electron chi connectivity index (χ0n) is 7.24. The Kier molecular flexibility index (Phi) is 2.98. The Morgan fingerprint density at radius 2 is 1.79 bits per heavy atom. The van der Waals surface area contributed by atoms with Crippen LogP contribution in [0.25, 0.3) is 0 Å². The molecule has 0 radical (unpaired) electrons. The number of halogens is 4. The average Bonchev–Trinajstić information content (AvgIpc) is 2.02. The van der Waals surface area contributed by atoms with Crippen molar-refractivity contribution in [3.05, 3.63) is 29.3 Å². The first kappa shape index (κ1) is 10.8. The van der Waals surface area contributed by atoms with E-state index < -0.39 is 18.4 Å². The summed E-state index contributed by atoms with van der Waals surface area (Å²) in [6.07, 6.45) is -4.48. The number of aryl methyl sites for hydroxylation is 1. The molecule has 0 unspecified atom stereocenters. The minimum absolute atomic E-state index is 0.00303. The summed E-state index contributed by atoms with van der Waals surface area (Å²) in [6.45, 7) is -0.694. The monoisotopic (exact) mass is 207 g/mol. The van der Waals surface area contributed by atoms with E-state index in [2.05, 4.69) is 0 Å². The predicted molar refractivity (Wildman–Crippen MR) is 45.5 cm³/mol. The molecular weight excluding hydrogens is 198 g/mol. The molecule has 1 nitrogen and oxygen atoms in total. The normalized spacial score (nSPS) is 11.7. The van der Waals surface area contributed by atoms with Gasteiger partial charge in [0.15, 0.2) is 0 Å². The molecule has 1 aromatic rings. The van der Waals surface area contributed by atoms with Crippen molar-refractivity contribution >= 4 is 5.69 Å². The van der Waals surface area contributed by atoms with Crippen LogP contribution in [-0.2, 0) is 12.6 Å². The number of nitrogens with two attached hydrogens (primary N) is 1. The summed E-state index contributed by atoms with van der Waals surface area (Å²) in [5.41, 5.74) is 4.70. The van der Waals surface area contributed by atoms with Crippen molar-refractivity contribution in [2.45, 2.75) is 12.6 Å². The van der Waals surface area contributed by atoms with E-state index in [0.29, 0.717) is 0 Å². The molecule has 0 heterocycles. The molecule has 0 amide bonds. The van der Waals surface area contributed by atoms with Gasteiger partial charge in [-0.1, -0.05) is 0 Å². The Balaban J connectivity index is 3.07. The van der Waals surface area contributed by atoms with Gasteiger partial charge < -0.3 is 5.73 Å². The third-order valence-corrected chi connectivity index (χ3v) is 1.73. The van der Waals surface area contributed by atoms with Crippen molar-refractivity contribution in [3.8, 4) is 0 Å². The Bertz CT molecular complexity index is 319. The summed E-state index contributed by atoms with van der Waals surface area (Å²) in [6, 6.07) is 3.09. The highest BCUT2D eigenvalue weighted by Crippen LogP contribution is 2.31. The smallest absolute Gasteiger partial charge is 0.399 e. The highest BCUT2D eigenvalue weighted by atomic mass is 19.4. The van der Waals surface area contributed by atoms with Crippen molar-refractivity contribution in [1.29, 1.82) is 0 Å². The predicted octanol–water partition coefficient (Wildman–Crippen LogP) is 2.80. The molecule has 0 aliphatic heterocycles. The minimum atomic E-state index is -4.43. The Morgan fingerprint density at radius 1 is 1.14 bits per heavy atom. The van der Waals surface area contributed by atoms with Crippen LogP contribution in [0.4, 0.5) is 23.2 Å². The van der Waals surface area contributed by atoms with Crippen LogP contribution in [-0.4, -0.2) is 6.67 Å². The summed E-state index contributed by atoms with van der Waals surface area (Å²) in [4.78, 5) is 0. The molecule has 0 aliphatic carbocycles. The standard InChI is InChI=1S/C9H9F4N/c10-2-1-6-3-7(9(11,12)13)5-8(14)4-6/h3-5H,1-2,14H2. The van der Waals surface area contributed by atoms with Gasteiger partial charge in [0.2, 0.25) is 0 Å². The molecule has 0 bridgehead atoms. The van der Waals surface area contributed by atoms with Crippen LogP contribution in [0.1, 0.15) is 11.1 Å². The van der Waals surface area contributed by atoms with Crippen molar-refractivity contribution < 1.29 is 17.6 Å². The van der Waals surface area contributed by atoms with E-state index in [-0.39, 0.29) is 17.7 Å². The van der Waals surface area contributed by atoms with E-state index in [1.807, 2.05) is 0 Å². The van der Waals surface area contributed by atoms with E-state index in [1.54, 1.807) is 0 Å². The third kappa shape index (κ3) is 2.61. The summed E-state index contributed by atoms with van der Waals surface area (Å²) >= 11 is 0. The molecule has 0 aromatic heterocycles. The van der Waals surface area contributed by atoms with E-state index in [1.165, 1.54) is 6.07 Å². The molecule has 78 valence electrons. The van der Waals surface area contributed by atoms with Gasteiger partial charge in [-0.25, -0.2) is 0 Å². The first-order valence-electron chi connectivity index (χ1n) is 3.96. The zero-order valence-corrected chi connectivity index (χ0v) is 7.24. The second-order valence-electron chi connectivity index (χ2n) is 2.90. The fourth-order valence-corrected chi connectivity index (χ4v) is 1.14. The topological polar surface area (TPSA) is 26.0 Å². The van der Waals surface area contributed by atoms with Crippen LogP contribution in [0.2, 0.25) is 0 Å². The first-order valence-corrected chi connectivity index (χ1v) is 3.96. The Morgan fingerprint density at radius 3 is 2.29 bits per heavy atom. The van der Waals surface area contributed by atoms with Gasteiger partial charge in [-0.05, 0) is 23.8 Å². The van der Waals surface area contributed by atoms with Crippen molar-refractivity contribution in [2.75, 3.05) is 12.4 Å². The van der Waals surface area contributed by atoms with E-state index >= 15 is 0 Å². The van der Waals surface area contributed by atoms with Gasteiger partial charge in [-0.15, -0.1) is 0 Å². The lowest BCUT2D eigenvalue weighted by molar-refractivity contribution is -0.137. The number of hydrogen-bond acceptors (Lipinski definition) is 1. The van der Waals surface area contributed by atoms with E-state index in [4.69, 9.17) is 5.73 Å². The number of rotatable bonds is 2. The summed E-state index contributed by atoms with van der Waals surface area (Å²) in [5.74, 6) is 0. The number of hydrogen-bond donors (Lipinski definition) is 1. The molecule has 0 spiro atoms. The Labute approximate surface area is 78.5 Å². The van der Waals surface area contributed by atoms with Gasteiger partial charge in [-0.2, -0.15) is 13.2 Å². The van der Waals surface area contributed by atoms with Gasteiger partial charge in [0.25, 0.3) is 0 Å². The summed E-state index contributed by atoms with van der Waals surface area (Å²) in [5, 5.41) is 0. The minimum Gasteiger partial charge on any atom is -0.399 e. The molecule has 5 heteroatoms. The van der Waals surface area contributed by atoms with Crippen LogP contribution in [0.3, 0.4) is 0 Å².